The van der Waals surface area contributed by atoms with Gasteiger partial charge in [0.15, 0.2) is 5.78 Å². The Balaban J connectivity index is 1.77. The number of aromatic nitrogens is 2. The highest BCUT2D eigenvalue weighted by atomic mass is 16.2. The summed E-state index contributed by atoms with van der Waals surface area (Å²) in [5.74, 6) is 0.0862. The normalized spacial score (nSPS) is 12.0. The summed E-state index contributed by atoms with van der Waals surface area (Å²) >= 11 is 0. The zero-order valence-corrected chi connectivity index (χ0v) is 15.5. The lowest BCUT2D eigenvalue weighted by molar-refractivity contribution is -0.119. The molecule has 1 unspecified atom stereocenters. The van der Waals surface area contributed by atoms with Gasteiger partial charge in [0.05, 0.1) is 6.33 Å². The number of benzene rings is 2. The van der Waals surface area contributed by atoms with E-state index in [9.17, 15) is 9.59 Å². The average Bonchev–Trinajstić information content (AvgIpc) is 3.21. The highest BCUT2D eigenvalue weighted by Gasteiger charge is 2.24. The summed E-state index contributed by atoms with van der Waals surface area (Å²) in [6, 6.07) is 16.1. The first-order chi connectivity index (χ1) is 13.0. The van der Waals surface area contributed by atoms with Gasteiger partial charge in [0.2, 0.25) is 5.91 Å². The van der Waals surface area contributed by atoms with Gasteiger partial charge in [-0.05, 0) is 23.6 Å². The van der Waals surface area contributed by atoms with E-state index in [1.807, 2.05) is 54.6 Å². The number of rotatable bonds is 7. The molecule has 5 nitrogen and oxygen atoms in total. The van der Waals surface area contributed by atoms with Gasteiger partial charge in [-0.3, -0.25) is 9.59 Å². The lowest BCUT2D eigenvalue weighted by Crippen LogP contribution is -2.27. The smallest absolute Gasteiger partial charge is 0.247 e. The second-order valence-corrected chi connectivity index (χ2v) is 6.78. The standard InChI is InChI=1S/C22H23N3O2/c1-16(2)17-8-10-18(11-9-17)21(26)14-20(25-13-12-23-15-25)22(27)24-19-6-4-3-5-7-19/h3-13,15-16,20H,14H2,1-2H3,(H,24,27). The Morgan fingerprint density at radius 2 is 1.74 bits per heavy atom. The van der Waals surface area contributed by atoms with Crippen LogP contribution in [0.4, 0.5) is 5.69 Å². The molecule has 1 amide bonds. The molecule has 2 aromatic carbocycles. The van der Waals surface area contributed by atoms with E-state index in [2.05, 4.69) is 24.1 Å². The maximum absolute atomic E-state index is 12.8. The molecule has 27 heavy (non-hydrogen) atoms. The number of nitrogens with one attached hydrogen (secondary N) is 1. The molecule has 0 aliphatic heterocycles. The summed E-state index contributed by atoms with van der Waals surface area (Å²) < 4.78 is 1.67. The third-order valence-corrected chi connectivity index (χ3v) is 4.51. The summed E-state index contributed by atoms with van der Waals surface area (Å²) in [4.78, 5) is 29.6. The van der Waals surface area contributed by atoms with E-state index >= 15 is 0 Å². The highest BCUT2D eigenvalue weighted by Crippen LogP contribution is 2.20. The Morgan fingerprint density at radius 3 is 2.33 bits per heavy atom. The second kappa shape index (κ2) is 8.45. The van der Waals surface area contributed by atoms with Gasteiger partial charge < -0.3 is 9.88 Å². The third kappa shape index (κ3) is 4.70. The van der Waals surface area contributed by atoms with Crippen molar-refractivity contribution in [3.05, 3.63) is 84.4 Å². The maximum Gasteiger partial charge on any atom is 0.247 e. The van der Waals surface area contributed by atoms with Crippen molar-refractivity contribution in [2.45, 2.75) is 32.2 Å². The number of amides is 1. The number of nitrogens with zero attached hydrogens (tertiary/aromatic N) is 2. The molecule has 0 saturated heterocycles. The van der Waals surface area contributed by atoms with E-state index in [4.69, 9.17) is 0 Å². The van der Waals surface area contributed by atoms with Crippen LogP contribution in [0.15, 0.2) is 73.3 Å². The predicted octanol–water partition coefficient (Wildman–Crippen LogP) is 4.46. The van der Waals surface area contributed by atoms with Gasteiger partial charge in [0.1, 0.15) is 6.04 Å². The van der Waals surface area contributed by atoms with Gasteiger partial charge in [-0.15, -0.1) is 0 Å². The second-order valence-electron chi connectivity index (χ2n) is 6.78. The fraction of sp³-hybridized carbons (Fsp3) is 0.227. The van der Waals surface area contributed by atoms with Crippen LogP contribution in [0.3, 0.4) is 0 Å². The number of carbonyl (C=O) groups excluding carboxylic acids is 2. The van der Waals surface area contributed by atoms with Crippen molar-refractivity contribution < 1.29 is 9.59 Å². The van der Waals surface area contributed by atoms with Crippen LogP contribution in [0.5, 0.6) is 0 Å². The van der Waals surface area contributed by atoms with E-state index in [1.54, 1.807) is 23.3 Å². The third-order valence-electron chi connectivity index (χ3n) is 4.51. The van der Waals surface area contributed by atoms with E-state index < -0.39 is 6.04 Å². The van der Waals surface area contributed by atoms with Gasteiger partial charge in [-0.2, -0.15) is 0 Å². The molecule has 3 aromatic rings. The number of para-hydroxylation sites is 1. The monoisotopic (exact) mass is 361 g/mol. The van der Waals surface area contributed by atoms with E-state index in [0.29, 0.717) is 17.2 Å². The molecule has 0 radical (unpaired) electrons. The highest BCUT2D eigenvalue weighted by molar-refractivity contribution is 6.01. The summed E-state index contributed by atoms with van der Waals surface area (Å²) in [7, 11) is 0. The van der Waals surface area contributed by atoms with Crippen molar-refractivity contribution in [1.29, 1.82) is 0 Å². The molecule has 1 atom stereocenters. The fourth-order valence-corrected chi connectivity index (χ4v) is 2.88. The molecule has 0 spiro atoms. The molecule has 138 valence electrons. The molecule has 0 saturated carbocycles. The number of carbonyl (C=O) groups is 2. The van der Waals surface area contributed by atoms with E-state index in [0.717, 1.165) is 0 Å². The van der Waals surface area contributed by atoms with Crippen LogP contribution in [0.25, 0.3) is 0 Å². The minimum absolute atomic E-state index is 0.0655. The van der Waals surface area contributed by atoms with Gasteiger partial charge >= 0.3 is 0 Å². The number of ketones is 1. The SMILES string of the molecule is CC(C)c1ccc(C(=O)CC(C(=O)Nc2ccccc2)n2ccnc2)cc1. The summed E-state index contributed by atoms with van der Waals surface area (Å²) in [5, 5.41) is 2.87. The summed E-state index contributed by atoms with van der Waals surface area (Å²) in [6.45, 7) is 4.22. The molecular formula is C22H23N3O2. The topological polar surface area (TPSA) is 64.0 Å². The number of imidazole rings is 1. The number of anilines is 1. The minimum atomic E-state index is -0.662. The van der Waals surface area contributed by atoms with E-state index in [-0.39, 0.29) is 18.1 Å². The molecule has 0 bridgehead atoms. The largest absolute Gasteiger partial charge is 0.325 e. The molecule has 3 rings (SSSR count). The van der Waals surface area contributed by atoms with Crippen molar-refractivity contribution in [3.8, 4) is 0 Å². The van der Waals surface area contributed by atoms with Crippen LogP contribution in [0.2, 0.25) is 0 Å². The van der Waals surface area contributed by atoms with Crippen molar-refractivity contribution in [2.75, 3.05) is 5.32 Å². The van der Waals surface area contributed by atoms with Crippen LogP contribution < -0.4 is 5.32 Å². The molecule has 5 heteroatoms. The zero-order chi connectivity index (χ0) is 19.2. The van der Waals surface area contributed by atoms with Crippen molar-refractivity contribution in [1.82, 2.24) is 9.55 Å². The van der Waals surface area contributed by atoms with Crippen LogP contribution in [0.1, 0.15) is 48.1 Å². The van der Waals surface area contributed by atoms with Crippen LogP contribution in [0, 0.1) is 0 Å². The van der Waals surface area contributed by atoms with Gasteiger partial charge in [-0.25, -0.2) is 4.98 Å². The van der Waals surface area contributed by atoms with Crippen LogP contribution >= 0.6 is 0 Å². The van der Waals surface area contributed by atoms with Crippen LogP contribution in [-0.2, 0) is 4.79 Å². The molecule has 1 aromatic heterocycles. The number of hydrogen-bond acceptors (Lipinski definition) is 3. The van der Waals surface area contributed by atoms with Gasteiger partial charge in [0.25, 0.3) is 0 Å². The Labute approximate surface area is 159 Å². The van der Waals surface area contributed by atoms with Crippen molar-refractivity contribution in [3.63, 3.8) is 0 Å². The summed E-state index contributed by atoms with van der Waals surface area (Å²) in [5.41, 5.74) is 2.48. The Hall–Kier alpha value is -3.21. The van der Waals surface area contributed by atoms with Gasteiger partial charge in [0, 0.05) is 30.1 Å². The Morgan fingerprint density at radius 1 is 1.04 bits per heavy atom. The number of Topliss-reactive ketones (excluding diaryl/α,β-unsaturated/α-hetero) is 1. The first-order valence-electron chi connectivity index (χ1n) is 9.01. The molecule has 0 aliphatic rings. The zero-order valence-electron chi connectivity index (χ0n) is 15.5. The molecule has 0 aliphatic carbocycles. The Bertz CT molecular complexity index is 885. The molecule has 1 N–H and O–H groups in total. The minimum Gasteiger partial charge on any atom is -0.325 e. The number of hydrogen-bond donors (Lipinski definition) is 1. The molecule has 1 heterocycles. The van der Waals surface area contributed by atoms with Crippen molar-refractivity contribution in [2.24, 2.45) is 0 Å². The van der Waals surface area contributed by atoms with Crippen molar-refractivity contribution >= 4 is 17.4 Å². The van der Waals surface area contributed by atoms with E-state index in [1.165, 1.54) is 5.56 Å². The van der Waals surface area contributed by atoms with Gasteiger partial charge in [-0.1, -0.05) is 56.3 Å². The lowest BCUT2D eigenvalue weighted by atomic mass is 9.98. The summed E-state index contributed by atoms with van der Waals surface area (Å²) in [6.07, 6.45) is 4.93. The quantitative estimate of drug-likeness (QED) is 0.632. The first kappa shape index (κ1) is 18.6. The average molecular weight is 361 g/mol. The molecular weight excluding hydrogens is 338 g/mol. The lowest BCUT2D eigenvalue weighted by Gasteiger charge is -2.18. The maximum atomic E-state index is 12.8. The van der Waals surface area contributed by atoms with Crippen LogP contribution in [-0.4, -0.2) is 21.2 Å². The fourth-order valence-electron chi connectivity index (χ4n) is 2.88. The predicted molar refractivity (Wildman–Crippen MR) is 106 cm³/mol. The first-order valence-corrected chi connectivity index (χ1v) is 9.01. The molecule has 0 fully saturated rings. The Kier molecular flexibility index (Phi) is 5.81.